The molecule has 16 heavy (non-hydrogen) atoms. The zero-order chi connectivity index (χ0) is 11.7. The number of rotatable bonds is 4. The van der Waals surface area contributed by atoms with Crippen LogP contribution in [0.2, 0.25) is 0 Å². The Labute approximate surface area is 95.3 Å². The van der Waals surface area contributed by atoms with Crippen molar-refractivity contribution in [2.45, 2.75) is 46.7 Å². The second-order valence-electron chi connectivity index (χ2n) is 4.05. The highest BCUT2D eigenvalue weighted by atomic mass is 15.4. The van der Waals surface area contributed by atoms with Gasteiger partial charge in [-0.1, -0.05) is 13.3 Å². The first-order chi connectivity index (χ1) is 7.69. The maximum absolute atomic E-state index is 5.94. The Hall–Kier alpha value is -1.52. The molecule has 5 heteroatoms. The van der Waals surface area contributed by atoms with Crippen molar-refractivity contribution in [1.29, 1.82) is 0 Å². The first-order valence-corrected chi connectivity index (χ1v) is 5.88. The number of hydrogen-bond donors (Lipinski definition) is 1. The zero-order valence-electron chi connectivity index (χ0n) is 10.2. The summed E-state index contributed by atoms with van der Waals surface area (Å²) in [7, 11) is 0. The molecule has 0 aliphatic rings. The third-order valence-corrected chi connectivity index (χ3v) is 2.86. The monoisotopic (exact) mass is 221 g/mol. The lowest BCUT2D eigenvalue weighted by Gasteiger charge is -2.06. The van der Waals surface area contributed by atoms with Gasteiger partial charge in [0.25, 0.3) is 0 Å². The average molecular weight is 221 g/mol. The molecule has 0 saturated carbocycles. The summed E-state index contributed by atoms with van der Waals surface area (Å²) in [5, 5.41) is 4.46. The Kier molecular flexibility index (Phi) is 2.85. The summed E-state index contributed by atoms with van der Waals surface area (Å²) in [6.07, 6.45) is 2.27. The predicted molar refractivity (Wildman–Crippen MR) is 65.2 cm³/mol. The van der Waals surface area contributed by atoms with E-state index in [4.69, 9.17) is 5.73 Å². The highest BCUT2D eigenvalue weighted by Crippen LogP contribution is 2.21. The van der Waals surface area contributed by atoms with E-state index >= 15 is 0 Å². The number of nitrogens with zero attached hydrogens (tertiary/aromatic N) is 4. The van der Waals surface area contributed by atoms with Crippen LogP contribution in [0.5, 0.6) is 0 Å². The van der Waals surface area contributed by atoms with Crippen LogP contribution in [0.1, 0.15) is 32.4 Å². The van der Waals surface area contributed by atoms with Gasteiger partial charge in [0.15, 0.2) is 5.65 Å². The van der Waals surface area contributed by atoms with Crippen LogP contribution in [0, 0.1) is 6.92 Å². The lowest BCUT2D eigenvalue weighted by Crippen LogP contribution is -2.08. The molecule has 0 unspecified atom stereocenters. The van der Waals surface area contributed by atoms with Crippen molar-refractivity contribution in [1.82, 2.24) is 19.3 Å². The number of nitrogens with two attached hydrogens (primary N) is 1. The molecule has 0 aliphatic heterocycles. The largest absolute Gasteiger partial charge is 0.369 e. The summed E-state index contributed by atoms with van der Waals surface area (Å²) in [4.78, 5) is 4.39. The van der Waals surface area contributed by atoms with Gasteiger partial charge < -0.3 is 5.73 Å². The number of imidazole rings is 1. The fourth-order valence-electron chi connectivity index (χ4n) is 2.00. The first kappa shape index (κ1) is 11.0. The molecule has 0 amide bonds. The number of nitrogen functional groups attached to an aromatic ring is 1. The van der Waals surface area contributed by atoms with E-state index in [1.165, 1.54) is 0 Å². The van der Waals surface area contributed by atoms with Crippen molar-refractivity contribution in [3.8, 4) is 0 Å². The highest BCUT2D eigenvalue weighted by molar-refractivity contribution is 5.77. The lowest BCUT2D eigenvalue weighted by atomic mass is 10.3. The zero-order valence-corrected chi connectivity index (χ0v) is 10.2. The summed E-state index contributed by atoms with van der Waals surface area (Å²) < 4.78 is 4.05. The quantitative estimate of drug-likeness (QED) is 0.858. The molecule has 2 N–H and O–H groups in total. The maximum atomic E-state index is 5.94. The molecular formula is C11H19N5. The Bertz CT molecular complexity index is 494. The number of anilines is 1. The van der Waals surface area contributed by atoms with E-state index in [1.807, 2.05) is 11.6 Å². The van der Waals surface area contributed by atoms with Gasteiger partial charge in [0.1, 0.15) is 5.52 Å². The number of aromatic nitrogens is 4. The highest BCUT2D eigenvalue weighted by Gasteiger charge is 2.15. The van der Waals surface area contributed by atoms with E-state index in [0.717, 1.165) is 42.8 Å². The van der Waals surface area contributed by atoms with Crippen LogP contribution in [0.4, 0.5) is 5.95 Å². The molecule has 0 bridgehead atoms. The van der Waals surface area contributed by atoms with Crippen molar-refractivity contribution in [2.75, 3.05) is 5.73 Å². The van der Waals surface area contributed by atoms with Gasteiger partial charge in [-0.05, 0) is 20.3 Å². The molecule has 0 fully saturated rings. The van der Waals surface area contributed by atoms with Gasteiger partial charge in [-0.3, -0.25) is 4.57 Å². The van der Waals surface area contributed by atoms with Gasteiger partial charge in [-0.15, -0.1) is 0 Å². The Balaban J connectivity index is 2.56. The normalized spacial score (nSPS) is 11.4. The molecule has 88 valence electrons. The minimum absolute atomic E-state index is 0.603. The molecule has 0 spiro atoms. The topological polar surface area (TPSA) is 61.7 Å². The van der Waals surface area contributed by atoms with E-state index in [9.17, 15) is 0 Å². The third kappa shape index (κ3) is 1.56. The molecule has 2 heterocycles. The average Bonchev–Trinajstić information content (AvgIpc) is 2.74. The fraction of sp³-hybridized carbons (Fsp3) is 0.636. The molecular weight excluding hydrogens is 202 g/mol. The van der Waals surface area contributed by atoms with Crippen LogP contribution in [0.15, 0.2) is 0 Å². The predicted octanol–water partition coefficient (Wildman–Crippen LogP) is 1.94. The van der Waals surface area contributed by atoms with E-state index in [-0.39, 0.29) is 0 Å². The van der Waals surface area contributed by atoms with Crippen LogP contribution < -0.4 is 5.73 Å². The maximum Gasteiger partial charge on any atom is 0.202 e. The van der Waals surface area contributed by atoms with Crippen molar-refractivity contribution >= 4 is 17.1 Å². The molecule has 2 rings (SSSR count). The van der Waals surface area contributed by atoms with Gasteiger partial charge in [0.2, 0.25) is 5.95 Å². The first-order valence-electron chi connectivity index (χ1n) is 5.88. The molecule has 0 atom stereocenters. The summed E-state index contributed by atoms with van der Waals surface area (Å²) in [5.41, 5.74) is 8.90. The molecule has 0 radical (unpaired) electrons. The van der Waals surface area contributed by atoms with Crippen molar-refractivity contribution in [2.24, 2.45) is 0 Å². The van der Waals surface area contributed by atoms with Crippen LogP contribution >= 0.6 is 0 Å². The Morgan fingerprint density at radius 2 is 2.06 bits per heavy atom. The summed E-state index contributed by atoms with van der Waals surface area (Å²) in [5.74, 6) is 0.603. The molecule has 0 aliphatic carbocycles. The van der Waals surface area contributed by atoms with Crippen molar-refractivity contribution in [3.63, 3.8) is 0 Å². The molecule has 2 aromatic rings. The summed E-state index contributed by atoms with van der Waals surface area (Å²) >= 11 is 0. The number of fused-ring (bicyclic) bond motifs is 1. The smallest absolute Gasteiger partial charge is 0.202 e. The molecule has 2 aromatic heterocycles. The second kappa shape index (κ2) is 4.15. The van der Waals surface area contributed by atoms with Crippen LogP contribution in [-0.4, -0.2) is 19.3 Å². The third-order valence-electron chi connectivity index (χ3n) is 2.86. The van der Waals surface area contributed by atoms with Gasteiger partial charge in [-0.2, -0.15) is 5.10 Å². The number of unbranched alkanes of at least 4 members (excludes halogenated alkanes) is 1. The van der Waals surface area contributed by atoms with Gasteiger partial charge >= 0.3 is 0 Å². The van der Waals surface area contributed by atoms with Crippen LogP contribution in [0.3, 0.4) is 0 Å². The summed E-state index contributed by atoms with van der Waals surface area (Å²) in [6, 6.07) is 0. The number of aryl methyl sites for hydroxylation is 3. The minimum Gasteiger partial charge on any atom is -0.369 e. The standard InChI is InChI=1S/C11H19N5/c1-4-6-7-15-10-9(13-11(15)12)8(3)14-16(10)5-2/h4-7H2,1-3H3,(H2,12,13). The van der Waals surface area contributed by atoms with Crippen LogP contribution in [-0.2, 0) is 13.1 Å². The Morgan fingerprint density at radius 1 is 1.31 bits per heavy atom. The second-order valence-corrected chi connectivity index (χ2v) is 4.05. The van der Waals surface area contributed by atoms with Crippen LogP contribution in [0.25, 0.3) is 11.2 Å². The van der Waals surface area contributed by atoms with E-state index in [2.05, 4.69) is 28.5 Å². The molecule has 0 saturated heterocycles. The van der Waals surface area contributed by atoms with Gasteiger partial charge in [0.05, 0.1) is 5.69 Å². The van der Waals surface area contributed by atoms with E-state index in [0.29, 0.717) is 5.95 Å². The van der Waals surface area contributed by atoms with Crippen molar-refractivity contribution in [3.05, 3.63) is 5.69 Å². The fourth-order valence-corrected chi connectivity index (χ4v) is 2.00. The summed E-state index contributed by atoms with van der Waals surface area (Å²) in [6.45, 7) is 8.00. The number of hydrogen-bond acceptors (Lipinski definition) is 3. The van der Waals surface area contributed by atoms with Crippen molar-refractivity contribution < 1.29 is 0 Å². The van der Waals surface area contributed by atoms with Gasteiger partial charge in [0, 0.05) is 13.1 Å². The molecule has 5 nitrogen and oxygen atoms in total. The Morgan fingerprint density at radius 3 is 2.69 bits per heavy atom. The van der Waals surface area contributed by atoms with E-state index in [1.54, 1.807) is 0 Å². The van der Waals surface area contributed by atoms with Gasteiger partial charge in [-0.25, -0.2) is 9.67 Å². The van der Waals surface area contributed by atoms with E-state index < -0.39 is 0 Å². The SMILES string of the molecule is CCCCn1c(N)nc2c(C)nn(CC)c21. The molecule has 0 aromatic carbocycles. The lowest BCUT2D eigenvalue weighted by molar-refractivity contribution is 0.607. The minimum atomic E-state index is 0.603.